The largest absolute Gasteiger partial charge is 0.489 e. The van der Waals surface area contributed by atoms with Crippen molar-refractivity contribution >= 4 is 11.8 Å². The first-order valence-corrected chi connectivity index (χ1v) is 8.87. The quantitative estimate of drug-likeness (QED) is 0.499. The highest BCUT2D eigenvalue weighted by Gasteiger charge is 1.98. The van der Waals surface area contributed by atoms with Crippen molar-refractivity contribution in [2.75, 3.05) is 12.4 Å². The summed E-state index contributed by atoms with van der Waals surface area (Å²) in [7, 11) is 0. The van der Waals surface area contributed by atoms with Crippen LogP contribution in [0.5, 0.6) is 5.75 Å². The van der Waals surface area contributed by atoms with Crippen molar-refractivity contribution in [3.05, 3.63) is 60.2 Å². The van der Waals surface area contributed by atoms with E-state index < -0.39 is 0 Å². The first-order chi connectivity index (χ1) is 10.9. The second kappa shape index (κ2) is 10.3. The lowest BCUT2D eigenvalue weighted by Crippen LogP contribution is -1.94. The third kappa shape index (κ3) is 6.54. The molecule has 22 heavy (non-hydrogen) atoms. The van der Waals surface area contributed by atoms with Crippen molar-refractivity contribution in [1.29, 1.82) is 0 Å². The van der Waals surface area contributed by atoms with Gasteiger partial charge in [-0.2, -0.15) is 0 Å². The van der Waals surface area contributed by atoms with E-state index in [0.29, 0.717) is 13.2 Å². The molecule has 2 aromatic rings. The van der Waals surface area contributed by atoms with Crippen molar-refractivity contribution in [3.8, 4) is 5.75 Å². The van der Waals surface area contributed by atoms with E-state index in [9.17, 15) is 0 Å². The minimum absolute atomic E-state index is 0.317. The highest BCUT2D eigenvalue weighted by Crippen LogP contribution is 2.23. The monoisotopic (exact) mass is 316 g/mol. The predicted octanol–water partition coefficient (Wildman–Crippen LogP) is 4.91. The molecule has 3 heteroatoms. The lowest BCUT2D eigenvalue weighted by Gasteiger charge is -2.07. The maximum atomic E-state index is 8.73. The van der Waals surface area contributed by atoms with E-state index in [4.69, 9.17) is 9.84 Å². The zero-order chi connectivity index (χ0) is 15.5. The molecule has 0 aliphatic rings. The molecule has 0 bridgehead atoms. The van der Waals surface area contributed by atoms with Crippen molar-refractivity contribution < 1.29 is 9.84 Å². The lowest BCUT2D eigenvalue weighted by molar-refractivity contribution is 0.283. The summed E-state index contributed by atoms with van der Waals surface area (Å²) in [4.78, 5) is 1.29. The van der Waals surface area contributed by atoms with Crippen LogP contribution in [0.4, 0.5) is 0 Å². The standard InChI is InChI=1S/C19H24O2S/c20-14-6-1-2-7-15-22-19-12-10-18(11-13-19)21-16-17-8-4-3-5-9-17/h3-5,8-13,20H,1-2,6-7,14-16H2. The number of thioether (sulfide) groups is 1. The van der Waals surface area contributed by atoms with Crippen LogP contribution in [0, 0.1) is 0 Å². The predicted molar refractivity (Wildman–Crippen MR) is 93.5 cm³/mol. The molecule has 0 atom stereocenters. The molecule has 1 N–H and O–H groups in total. The van der Waals surface area contributed by atoms with Gasteiger partial charge in [-0.1, -0.05) is 43.2 Å². The Morgan fingerprint density at radius 2 is 1.55 bits per heavy atom. The average molecular weight is 316 g/mol. The van der Waals surface area contributed by atoms with Gasteiger partial charge in [0.2, 0.25) is 0 Å². The van der Waals surface area contributed by atoms with Crippen molar-refractivity contribution in [2.24, 2.45) is 0 Å². The molecule has 2 nitrogen and oxygen atoms in total. The summed E-state index contributed by atoms with van der Waals surface area (Å²) in [6.07, 6.45) is 4.46. The maximum absolute atomic E-state index is 8.73. The lowest BCUT2D eigenvalue weighted by atomic mass is 10.2. The minimum atomic E-state index is 0.317. The molecule has 0 fully saturated rings. The van der Waals surface area contributed by atoms with Crippen molar-refractivity contribution in [3.63, 3.8) is 0 Å². The molecule has 0 spiro atoms. The van der Waals surface area contributed by atoms with Crippen molar-refractivity contribution in [1.82, 2.24) is 0 Å². The Hall–Kier alpha value is -1.45. The highest BCUT2D eigenvalue weighted by molar-refractivity contribution is 7.99. The van der Waals surface area contributed by atoms with Gasteiger partial charge in [-0.3, -0.25) is 0 Å². The smallest absolute Gasteiger partial charge is 0.119 e. The third-order valence-electron chi connectivity index (χ3n) is 3.39. The summed E-state index contributed by atoms with van der Waals surface area (Å²) in [5, 5.41) is 8.73. The van der Waals surface area contributed by atoms with Crippen LogP contribution in [0.2, 0.25) is 0 Å². The Labute approximate surface area is 137 Å². The molecule has 0 radical (unpaired) electrons. The summed E-state index contributed by atoms with van der Waals surface area (Å²) in [5.41, 5.74) is 1.18. The molecule has 2 aromatic carbocycles. The van der Waals surface area contributed by atoms with Crippen LogP contribution in [0.25, 0.3) is 0 Å². The normalized spacial score (nSPS) is 10.6. The fourth-order valence-electron chi connectivity index (χ4n) is 2.13. The van der Waals surface area contributed by atoms with E-state index in [2.05, 4.69) is 24.3 Å². The van der Waals surface area contributed by atoms with Crippen LogP contribution >= 0.6 is 11.8 Å². The zero-order valence-corrected chi connectivity index (χ0v) is 13.7. The van der Waals surface area contributed by atoms with Gasteiger partial charge in [0.05, 0.1) is 0 Å². The molecular formula is C19H24O2S. The van der Waals surface area contributed by atoms with E-state index in [-0.39, 0.29) is 0 Å². The van der Waals surface area contributed by atoms with Gasteiger partial charge < -0.3 is 9.84 Å². The first kappa shape index (κ1) is 16.9. The Balaban J connectivity index is 1.67. The molecule has 0 unspecified atom stereocenters. The second-order valence-electron chi connectivity index (χ2n) is 5.23. The molecule has 0 saturated carbocycles. The third-order valence-corrected chi connectivity index (χ3v) is 4.49. The van der Waals surface area contributed by atoms with Crippen LogP contribution in [0.3, 0.4) is 0 Å². The fraction of sp³-hybridized carbons (Fsp3) is 0.368. The number of benzene rings is 2. The molecule has 118 valence electrons. The van der Waals surface area contributed by atoms with E-state index in [1.54, 1.807) is 0 Å². The van der Waals surface area contributed by atoms with Gasteiger partial charge in [-0.25, -0.2) is 0 Å². The average Bonchev–Trinajstić information content (AvgIpc) is 2.58. The van der Waals surface area contributed by atoms with Gasteiger partial charge in [-0.05, 0) is 48.4 Å². The van der Waals surface area contributed by atoms with Gasteiger partial charge in [0.1, 0.15) is 12.4 Å². The topological polar surface area (TPSA) is 29.5 Å². The minimum Gasteiger partial charge on any atom is -0.489 e. The zero-order valence-electron chi connectivity index (χ0n) is 12.9. The fourth-order valence-corrected chi connectivity index (χ4v) is 3.04. The molecule has 0 saturated heterocycles. The number of aliphatic hydroxyl groups is 1. The van der Waals surface area contributed by atoms with Gasteiger partial charge in [0, 0.05) is 11.5 Å². The number of unbranched alkanes of at least 4 members (excludes halogenated alkanes) is 3. The molecule has 0 aliphatic heterocycles. The van der Waals surface area contributed by atoms with Crippen LogP contribution in [-0.2, 0) is 6.61 Å². The Bertz CT molecular complexity index is 511. The number of hydrogen-bond acceptors (Lipinski definition) is 3. The van der Waals surface area contributed by atoms with Crippen LogP contribution in [0.15, 0.2) is 59.5 Å². The van der Waals surface area contributed by atoms with Gasteiger partial charge >= 0.3 is 0 Å². The number of rotatable bonds is 10. The molecule has 0 aliphatic carbocycles. The second-order valence-corrected chi connectivity index (χ2v) is 6.40. The number of hydrogen-bond donors (Lipinski definition) is 1. The summed E-state index contributed by atoms with van der Waals surface area (Å²) < 4.78 is 5.78. The van der Waals surface area contributed by atoms with E-state index >= 15 is 0 Å². The summed E-state index contributed by atoms with van der Waals surface area (Å²) in [6.45, 7) is 0.926. The molecule has 0 heterocycles. The molecular weight excluding hydrogens is 292 g/mol. The van der Waals surface area contributed by atoms with Crippen LogP contribution in [-0.4, -0.2) is 17.5 Å². The summed E-state index contributed by atoms with van der Waals surface area (Å²) >= 11 is 1.88. The maximum Gasteiger partial charge on any atom is 0.119 e. The van der Waals surface area contributed by atoms with Gasteiger partial charge in [0.25, 0.3) is 0 Å². The van der Waals surface area contributed by atoms with E-state index in [0.717, 1.165) is 24.3 Å². The number of ether oxygens (including phenoxy) is 1. The first-order valence-electron chi connectivity index (χ1n) is 7.89. The van der Waals surface area contributed by atoms with Crippen LogP contribution in [0.1, 0.15) is 31.2 Å². The van der Waals surface area contributed by atoms with E-state index in [1.165, 1.54) is 23.3 Å². The number of aliphatic hydroxyl groups excluding tert-OH is 1. The van der Waals surface area contributed by atoms with E-state index in [1.807, 2.05) is 42.1 Å². The SMILES string of the molecule is OCCCCCCSc1ccc(OCc2ccccc2)cc1. The Morgan fingerprint density at radius 1 is 0.818 bits per heavy atom. The highest BCUT2D eigenvalue weighted by atomic mass is 32.2. The summed E-state index contributed by atoms with van der Waals surface area (Å²) in [6, 6.07) is 18.5. The summed E-state index contributed by atoms with van der Waals surface area (Å²) in [5.74, 6) is 2.05. The molecule has 0 aromatic heterocycles. The van der Waals surface area contributed by atoms with Gasteiger partial charge in [-0.15, -0.1) is 11.8 Å². The Kier molecular flexibility index (Phi) is 7.92. The molecule has 0 amide bonds. The van der Waals surface area contributed by atoms with Crippen LogP contribution < -0.4 is 4.74 Å². The van der Waals surface area contributed by atoms with Gasteiger partial charge in [0.15, 0.2) is 0 Å². The molecule has 2 rings (SSSR count). The Morgan fingerprint density at radius 3 is 2.27 bits per heavy atom. The van der Waals surface area contributed by atoms with Crippen molar-refractivity contribution in [2.45, 2.75) is 37.2 Å².